The van der Waals surface area contributed by atoms with Gasteiger partial charge in [-0.25, -0.2) is 0 Å². The number of ketones is 2. The SMILES string of the molecule is CCC(=O)CC(=O)c1ccc(C2CCC(CC)CC2)cc1. The van der Waals surface area contributed by atoms with Crippen molar-refractivity contribution < 1.29 is 9.59 Å². The molecule has 0 radical (unpaired) electrons. The molecule has 0 heterocycles. The molecule has 0 saturated heterocycles. The lowest BCUT2D eigenvalue weighted by Crippen LogP contribution is -2.13. The van der Waals surface area contributed by atoms with Crippen LogP contribution in [0.25, 0.3) is 0 Å². The summed E-state index contributed by atoms with van der Waals surface area (Å²) in [7, 11) is 0. The van der Waals surface area contributed by atoms with E-state index >= 15 is 0 Å². The van der Waals surface area contributed by atoms with Gasteiger partial charge in [0.2, 0.25) is 0 Å². The zero-order valence-corrected chi connectivity index (χ0v) is 13.2. The Morgan fingerprint density at radius 2 is 1.62 bits per heavy atom. The van der Waals surface area contributed by atoms with Gasteiger partial charge in [0.1, 0.15) is 5.78 Å². The topological polar surface area (TPSA) is 34.1 Å². The fourth-order valence-corrected chi connectivity index (χ4v) is 3.25. The molecule has 21 heavy (non-hydrogen) atoms. The molecule has 0 bridgehead atoms. The molecule has 2 rings (SSSR count). The van der Waals surface area contributed by atoms with Crippen LogP contribution in [-0.4, -0.2) is 11.6 Å². The molecule has 1 aliphatic carbocycles. The van der Waals surface area contributed by atoms with E-state index in [1.807, 2.05) is 12.1 Å². The van der Waals surface area contributed by atoms with Crippen LogP contribution in [0.4, 0.5) is 0 Å². The fraction of sp³-hybridized carbons (Fsp3) is 0.579. The van der Waals surface area contributed by atoms with Gasteiger partial charge < -0.3 is 0 Å². The van der Waals surface area contributed by atoms with Crippen LogP contribution in [0.1, 0.15) is 80.6 Å². The summed E-state index contributed by atoms with van der Waals surface area (Å²) in [5, 5.41) is 0. The van der Waals surface area contributed by atoms with Crippen LogP contribution >= 0.6 is 0 Å². The number of hydrogen-bond acceptors (Lipinski definition) is 2. The van der Waals surface area contributed by atoms with Crippen LogP contribution in [0.3, 0.4) is 0 Å². The predicted octanol–water partition coefficient (Wildman–Crippen LogP) is 4.92. The summed E-state index contributed by atoms with van der Waals surface area (Å²) in [6, 6.07) is 7.96. The Kier molecular flexibility index (Phi) is 5.72. The lowest BCUT2D eigenvalue weighted by Gasteiger charge is -2.28. The summed E-state index contributed by atoms with van der Waals surface area (Å²) in [5.74, 6) is 1.52. The first-order valence-electron chi connectivity index (χ1n) is 8.28. The van der Waals surface area contributed by atoms with Crippen LogP contribution in [0, 0.1) is 5.92 Å². The van der Waals surface area contributed by atoms with Crippen LogP contribution < -0.4 is 0 Å². The van der Waals surface area contributed by atoms with Gasteiger partial charge in [0, 0.05) is 12.0 Å². The van der Waals surface area contributed by atoms with Gasteiger partial charge in [0.05, 0.1) is 6.42 Å². The minimum atomic E-state index is -0.0527. The maximum atomic E-state index is 12.0. The Morgan fingerprint density at radius 1 is 1.00 bits per heavy atom. The molecule has 0 spiro atoms. The third-order valence-corrected chi connectivity index (χ3v) is 4.88. The number of benzene rings is 1. The Balaban J connectivity index is 1.96. The first-order valence-corrected chi connectivity index (χ1v) is 8.28. The first kappa shape index (κ1) is 15.9. The van der Waals surface area contributed by atoms with Gasteiger partial charge in [-0.1, -0.05) is 44.5 Å². The van der Waals surface area contributed by atoms with Crippen molar-refractivity contribution in [2.24, 2.45) is 5.92 Å². The van der Waals surface area contributed by atoms with Crippen molar-refractivity contribution >= 4 is 11.6 Å². The molecule has 0 atom stereocenters. The Morgan fingerprint density at radius 3 is 2.14 bits per heavy atom. The highest BCUT2D eigenvalue weighted by molar-refractivity contribution is 6.07. The minimum absolute atomic E-state index is 0.0157. The van der Waals surface area contributed by atoms with Gasteiger partial charge in [0.15, 0.2) is 5.78 Å². The van der Waals surface area contributed by atoms with Gasteiger partial charge in [-0.3, -0.25) is 9.59 Å². The average molecular weight is 286 g/mol. The van der Waals surface area contributed by atoms with Gasteiger partial charge in [-0.2, -0.15) is 0 Å². The third kappa shape index (κ3) is 4.26. The number of carbonyl (C=O) groups is 2. The van der Waals surface area contributed by atoms with E-state index in [0.29, 0.717) is 17.9 Å². The van der Waals surface area contributed by atoms with Gasteiger partial charge in [0.25, 0.3) is 0 Å². The van der Waals surface area contributed by atoms with E-state index in [1.165, 1.54) is 37.7 Å². The largest absolute Gasteiger partial charge is 0.299 e. The first-order chi connectivity index (χ1) is 10.1. The normalized spacial score (nSPS) is 22.0. The van der Waals surface area contributed by atoms with Gasteiger partial charge >= 0.3 is 0 Å². The molecule has 1 aromatic carbocycles. The van der Waals surface area contributed by atoms with E-state index < -0.39 is 0 Å². The highest BCUT2D eigenvalue weighted by Gasteiger charge is 2.21. The van der Waals surface area contributed by atoms with E-state index in [9.17, 15) is 9.59 Å². The second-order valence-corrected chi connectivity index (χ2v) is 6.24. The maximum absolute atomic E-state index is 12.0. The summed E-state index contributed by atoms with van der Waals surface area (Å²) in [5.41, 5.74) is 2.02. The predicted molar refractivity (Wildman–Crippen MR) is 85.7 cm³/mol. The molecule has 1 aliphatic rings. The van der Waals surface area contributed by atoms with Gasteiger partial charge in [-0.05, 0) is 43.1 Å². The monoisotopic (exact) mass is 286 g/mol. The summed E-state index contributed by atoms with van der Waals surface area (Å²) >= 11 is 0. The molecule has 0 aliphatic heterocycles. The minimum Gasteiger partial charge on any atom is -0.299 e. The number of Topliss-reactive ketones (excluding diaryl/α,β-unsaturated/α-hetero) is 2. The zero-order valence-electron chi connectivity index (χ0n) is 13.2. The summed E-state index contributed by atoms with van der Waals surface area (Å²) < 4.78 is 0. The average Bonchev–Trinajstić information content (AvgIpc) is 2.55. The molecule has 0 aromatic heterocycles. The van der Waals surface area contributed by atoms with Crippen molar-refractivity contribution in [3.63, 3.8) is 0 Å². The summed E-state index contributed by atoms with van der Waals surface area (Å²) in [4.78, 5) is 23.3. The maximum Gasteiger partial charge on any atom is 0.170 e. The smallest absolute Gasteiger partial charge is 0.170 e. The van der Waals surface area contributed by atoms with E-state index in [1.54, 1.807) is 6.92 Å². The van der Waals surface area contributed by atoms with Crippen molar-refractivity contribution in [2.45, 2.75) is 64.7 Å². The highest BCUT2D eigenvalue weighted by Crippen LogP contribution is 2.36. The number of carbonyl (C=O) groups excluding carboxylic acids is 2. The summed E-state index contributed by atoms with van der Waals surface area (Å²) in [6.45, 7) is 4.08. The van der Waals surface area contributed by atoms with E-state index in [2.05, 4.69) is 19.1 Å². The molecule has 114 valence electrons. The second-order valence-electron chi connectivity index (χ2n) is 6.24. The molecular weight excluding hydrogens is 260 g/mol. The lowest BCUT2D eigenvalue weighted by molar-refractivity contribution is -0.117. The molecule has 1 aromatic rings. The van der Waals surface area contributed by atoms with E-state index in [4.69, 9.17) is 0 Å². The molecule has 2 heteroatoms. The van der Waals surface area contributed by atoms with Crippen molar-refractivity contribution in [1.29, 1.82) is 0 Å². The number of hydrogen-bond donors (Lipinski definition) is 0. The van der Waals surface area contributed by atoms with E-state index in [-0.39, 0.29) is 18.0 Å². The molecule has 0 N–H and O–H groups in total. The molecule has 2 nitrogen and oxygen atoms in total. The standard InChI is InChI=1S/C19H26O2/c1-3-14-5-7-15(8-6-14)16-9-11-17(12-10-16)19(21)13-18(20)4-2/h9-12,14-15H,3-8,13H2,1-2H3. The van der Waals surface area contributed by atoms with Crippen LogP contribution in [0.2, 0.25) is 0 Å². The quantitative estimate of drug-likeness (QED) is 0.549. The molecule has 1 fully saturated rings. The third-order valence-electron chi connectivity index (χ3n) is 4.88. The fourth-order valence-electron chi connectivity index (χ4n) is 3.25. The Labute approximate surface area is 127 Å². The number of rotatable bonds is 6. The van der Waals surface area contributed by atoms with Crippen LogP contribution in [-0.2, 0) is 4.79 Å². The summed E-state index contributed by atoms with van der Waals surface area (Å²) in [6.07, 6.45) is 6.95. The van der Waals surface area contributed by atoms with Crippen LogP contribution in [0.15, 0.2) is 24.3 Å². The molecular formula is C19H26O2. The highest BCUT2D eigenvalue weighted by atomic mass is 16.1. The molecule has 0 unspecified atom stereocenters. The van der Waals surface area contributed by atoms with Crippen molar-refractivity contribution in [2.75, 3.05) is 0 Å². The van der Waals surface area contributed by atoms with E-state index in [0.717, 1.165) is 5.92 Å². The zero-order chi connectivity index (χ0) is 15.2. The lowest BCUT2D eigenvalue weighted by atomic mass is 9.78. The van der Waals surface area contributed by atoms with Crippen molar-refractivity contribution in [3.05, 3.63) is 35.4 Å². The second kappa shape index (κ2) is 7.53. The molecule has 0 amide bonds. The molecule has 1 saturated carbocycles. The van der Waals surface area contributed by atoms with Crippen LogP contribution in [0.5, 0.6) is 0 Å². The van der Waals surface area contributed by atoms with Crippen molar-refractivity contribution in [3.8, 4) is 0 Å². The van der Waals surface area contributed by atoms with Gasteiger partial charge in [-0.15, -0.1) is 0 Å². The Hall–Kier alpha value is -1.44. The Bertz CT molecular complexity index is 479. The van der Waals surface area contributed by atoms with Crippen molar-refractivity contribution in [1.82, 2.24) is 0 Å².